The first kappa shape index (κ1) is 78.1. The number of esters is 1. The molecule has 0 saturated carbocycles. The Morgan fingerprint density at radius 1 is 0.350 bits per heavy atom. The fourth-order valence-electron chi connectivity index (χ4n) is 11.4. The molecular weight excluding hydrogens is 983 g/mol. The number of aliphatic hydroxyl groups is 2. The lowest BCUT2D eigenvalue weighted by atomic mass is 10.0. The molecule has 0 radical (unpaired) electrons. The lowest BCUT2D eigenvalue weighted by Gasteiger charge is -2.20. The third kappa shape index (κ3) is 65.2. The summed E-state index contributed by atoms with van der Waals surface area (Å²) >= 11 is 0. The summed E-state index contributed by atoms with van der Waals surface area (Å²) in [5, 5.41) is 23.3. The van der Waals surface area contributed by atoms with Crippen molar-refractivity contribution >= 4 is 11.9 Å². The molecule has 0 heterocycles. The molecule has 0 fully saturated rings. The molecule has 6 heteroatoms. The van der Waals surface area contributed by atoms with Crippen LogP contribution in [-0.2, 0) is 14.3 Å². The number of ether oxygens (including phenoxy) is 1. The topological polar surface area (TPSA) is 95.9 Å². The molecular formula is C74H141NO5. The van der Waals surface area contributed by atoms with Gasteiger partial charge in [-0.05, 0) is 64.2 Å². The molecule has 2 unspecified atom stereocenters. The average Bonchev–Trinajstić information content (AvgIpc) is 3.46. The molecule has 0 rings (SSSR count). The highest BCUT2D eigenvalue weighted by molar-refractivity contribution is 5.76. The van der Waals surface area contributed by atoms with Gasteiger partial charge in [0.15, 0.2) is 0 Å². The van der Waals surface area contributed by atoms with Gasteiger partial charge in [-0.1, -0.05) is 359 Å². The summed E-state index contributed by atoms with van der Waals surface area (Å²) in [6.45, 7) is 4.92. The van der Waals surface area contributed by atoms with Gasteiger partial charge in [-0.3, -0.25) is 9.59 Å². The number of carbonyl (C=O) groups excluding carboxylic acids is 2. The number of nitrogens with one attached hydrogen (secondary N) is 1. The minimum atomic E-state index is -0.846. The highest BCUT2D eigenvalue weighted by atomic mass is 16.5. The van der Waals surface area contributed by atoms with Crippen molar-refractivity contribution in [1.29, 1.82) is 0 Å². The fourth-order valence-corrected chi connectivity index (χ4v) is 11.4. The van der Waals surface area contributed by atoms with Gasteiger partial charge in [0.25, 0.3) is 0 Å². The summed E-state index contributed by atoms with van der Waals surface area (Å²) in [4.78, 5) is 24.6. The van der Waals surface area contributed by atoms with Gasteiger partial charge in [0.2, 0.25) is 5.91 Å². The van der Waals surface area contributed by atoms with Crippen LogP contribution in [0.25, 0.3) is 0 Å². The molecule has 0 aromatic heterocycles. The molecule has 472 valence electrons. The van der Waals surface area contributed by atoms with Crippen LogP contribution in [0.2, 0.25) is 0 Å². The maximum absolute atomic E-state index is 12.5. The van der Waals surface area contributed by atoms with Crippen molar-refractivity contribution in [3.05, 3.63) is 36.5 Å². The lowest BCUT2D eigenvalue weighted by molar-refractivity contribution is -0.143. The first-order chi connectivity index (χ1) is 39.5. The average molecular weight is 1120 g/mol. The molecule has 2 atom stereocenters. The number of rotatable bonds is 68. The van der Waals surface area contributed by atoms with Crippen LogP contribution in [0, 0.1) is 0 Å². The van der Waals surface area contributed by atoms with Crippen LogP contribution < -0.4 is 5.32 Å². The van der Waals surface area contributed by atoms with E-state index in [1.807, 2.05) is 6.08 Å². The van der Waals surface area contributed by atoms with E-state index < -0.39 is 12.1 Å². The minimum Gasteiger partial charge on any atom is -0.466 e. The second-order valence-corrected chi connectivity index (χ2v) is 24.9. The van der Waals surface area contributed by atoms with Gasteiger partial charge in [0, 0.05) is 12.8 Å². The van der Waals surface area contributed by atoms with Gasteiger partial charge < -0.3 is 20.3 Å². The normalized spacial score (nSPS) is 12.7. The number of hydrogen-bond donors (Lipinski definition) is 3. The Morgan fingerprint density at radius 3 is 0.963 bits per heavy atom. The Labute approximate surface area is 500 Å². The van der Waals surface area contributed by atoms with Gasteiger partial charge in [0.05, 0.1) is 25.4 Å². The molecule has 0 aliphatic carbocycles. The number of aliphatic hydroxyl groups excluding tert-OH is 2. The highest BCUT2D eigenvalue weighted by Gasteiger charge is 2.18. The number of allylic oxidation sites excluding steroid dienone is 5. The number of unbranched alkanes of at least 4 members (excludes halogenated alkanes) is 53. The molecule has 80 heavy (non-hydrogen) atoms. The van der Waals surface area contributed by atoms with Crippen LogP contribution >= 0.6 is 0 Å². The number of carbonyl (C=O) groups is 2. The quantitative estimate of drug-likeness (QED) is 0.0320. The van der Waals surface area contributed by atoms with E-state index >= 15 is 0 Å². The number of amides is 1. The second kappa shape index (κ2) is 69.6. The molecule has 0 aromatic rings. The predicted octanol–water partition coefficient (Wildman–Crippen LogP) is 23.5. The van der Waals surface area contributed by atoms with E-state index in [4.69, 9.17) is 4.74 Å². The molecule has 6 nitrogen and oxygen atoms in total. The van der Waals surface area contributed by atoms with Gasteiger partial charge in [-0.25, -0.2) is 0 Å². The van der Waals surface area contributed by atoms with Crippen molar-refractivity contribution in [2.24, 2.45) is 0 Å². The van der Waals surface area contributed by atoms with Crippen LogP contribution in [0.15, 0.2) is 36.5 Å². The van der Waals surface area contributed by atoms with Crippen molar-refractivity contribution in [3.63, 3.8) is 0 Å². The Bertz CT molecular complexity index is 1300. The van der Waals surface area contributed by atoms with Crippen molar-refractivity contribution in [1.82, 2.24) is 5.32 Å². The molecule has 0 spiro atoms. The summed E-state index contributed by atoms with van der Waals surface area (Å²) < 4.78 is 5.49. The molecule has 0 aromatic carbocycles. The van der Waals surface area contributed by atoms with Crippen LogP contribution in [0.5, 0.6) is 0 Å². The van der Waals surface area contributed by atoms with Gasteiger partial charge >= 0.3 is 5.97 Å². The Morgan fingerprint density at radius 2 is 0.625 bits per heavy atom. The van der Waals surface area contributed by atoms with Crippen LogP contribution in [0.4, 0.5) is 0 Å². The maximum Gasteiger partial charge on any atom is 0.305 e. The van der Waals surface area contributed by atoms with Gasteiger partial charge in [0.1, 0.15) is 0 Å². The predicted molar refractivity (Wildman–Crippen MR) is 352 cm³/mol. The number of hydrogen-bond acceptors (Lipinski definition) is 5. The summed E-state index contributed by atoms with van der Waals surface area (Å²) in [7, 11) is 0. The highest BCUT2D eigenvalue weighted by Crippen LogP contribution is 2.19. The molecule has 0 saturated heterocycles. The molecule has 0 aliphatic rings. The van der Waals surface area contributed by atoms with Gasteiger partial charge in [-0.15, -0.1) is 0 Å². The van der Waals surface area contributed by atoms with E-state index in [0.717, 1.165) is 51.4 Å². The van der Waals surface area contributed by atoms with E-state index in [0.29, 0.717) is 19.4 Å². The standard InChI is InChI=1S/C74H141NO5/c1-3-5-7-9-11-13-15-17-19-21-22-23-26-29-32-35-38-42-46-50-54-58-62-66-72(77)71(70-76)75-73(78)67-63-59-55-51-47-43-39-36-33-30-27-24-25-28-31-34-37-41-45-49-53-57-61-65-69-80-74(79)68-64-60-56-52-48-44-40-20-18-16-14-12-10-8-6-4-2/h14,16,20,40,62,66,71-72,76-77H,3-13,15,17-19,21-39,41-61,63-65,67-70H2,1-2H3,(H,75,78)/b16-14-,40-20-,66-62+. The van der Waals surface area contributed by atoms with E-state index in [1.165, 1.54) is 321 Å². The zero-order valence-electron chi connectivity index (χ0n) is 54.1. The van der Waals surface area contributed by atoms with Crippen molar-refractivity contribution in [3.8, 4) is 0 Å². The summed E-state index contributed by atoms with van der Waals surface area (Å²) in [5.74, 6) is -0.0607. The van der Waals surface area contributed by atoms with Crippen molar-refractivity contribution in [2.75, 3.05) is 13.2 Å². The molecule has 3 N–H and O–H groups in total. The zero-order chi connectivity index (χ0) is 57.8. The summed E-state index contributed by atoms with van der Waals surface area (Å²) in [6, 6.07) is -0.629. The molecule has 0 aliphatic heterocycles. The fraction of sp³-hybridized carbons (Fsp3) is 0.892. The molecule has 1 amide bonds. The largest absolute Gasteiger partial charge is 0.466 e. The lowest BCUT2D eigenvalue weighted by Crippen LogP contribution is -2.45. The third-order valence-electron chi connectivity index (χ3n) is 16.9. The Hall–Kier alpha value is -1.92. The second-order valence-electron chi connectivity index (χ2n) is 24.9. The van der Waals surface area contributed by atoms with E-state index in [-0.39, 0.29) is 18.5 Å². The van der Waals surface area contributed by atoms with E-state index in [2.05, 4.69) is 43.5 Å². The summed E-state index contributed by atoms with van der Waals surface area (Å²) in [6.07, 6.45) is 89.4. The minimum absolute atomic E-state index is 0.00214. The maximum atomic E-state index is 12.5. The molecule has 0 bridgehead atoms. The first-order valence-electron chi connectivity index (χ1n) is 36.3. The van der Waals surface area contributed by atoms with Crippen LogP contribution in [0.3, 0.4) is 0 Å². The van der Waals surface area contributed by atoms with Gasteiger partial charge in [-0.2, -0.15) is 0 Å². The summed E-state index contributed by atoms with van der Waals surface area (Å²) in [5.41, 5.74) is 0. The zero-order valence-corrected chi connectivity index (χ0v) is 54.1. The SMILES string of the molecule is CCCCCC/C=C\C/C=C\CCCCCCCC(=O)OCCCCCCCCCCCCCCCCCCCCCCCCCCC(=O)NC(CO)C(O)/C=C/CCCCCCCCCCCCCCCCCCCCCCC. The van der Waals surface area contributed by atoms with Crippen molar-refractivity contribution < 1.29 is 24.5 Å². The Kier molecular flexibility index (Phi) is 67.9. The third-order valence-corrected chi connectivity index (χ3v) is 16.9. The monoisotopic (exact) mass is 1120 g/mol. The first-order valence-corrected chi connectivity index (χ1v) is 36.3. The van der Waals surface area contributed by atoms with Crippen LogP contribution in [-0.4, -0.2) is 47.4 Å². The van der Waals surface area contributed by atoms with Crippen molar-refractivity contribution in [2.45, 2.75) is 411 Å². The van der Waals surface area contributed by atoms with E-state index in [9.17, 15) is 19.8 Å². The van der Waals surface area contributed by atoms with Crippen LogP contribution in [0.1, 0.15) is 399 Å². The smallest absolute Gasteiger partial charge is 0.305 e. The Balaban J connectivity index is 3.40. The van der Waals surface area contributed by atoms with E-state index in [1.54, 1.807) is 6.08 Å².